The van der Waals surface area contributed by atoms with Crippen LogP contribution in [0.15, 0.2) is 140 Å². The van der Waals surface area contributed by atoms with Crippen molar-refractivity contribution in [1.82, 2.24) is 4.90 Å². The fourth-order valence-corrected chi connectivity index (χ4v) is 9.20. The molecule has 1 saturated heterocycles. The zero-order chi connectivity index (χ0) is 28.1. The Hall–Kier alpha value is -4.45. The second-order valence-corrected chi connectivity index (χ2v) is 12.7. The van der Waals surface area contributed by atoms with Gasteiger partial charge in [0.05, 0.1) is 11.6 Å². The molecule has 1 spiro atoms. The van der Waals surface area contributed by atoms with Gasteiger partial charge in [-0.25, -0.2) is 0 Å². The maximum absolute atomic E-state index is 9.46. The number of hydrogen-bond acceptors (Lipinski definition) is 2. The Morgan fingerprint density at radius 2 is 1.21 bits per heavy atom. The van der Waals surface area contributed by atoms with Gasteiger partial charge in [0.15, 0.2) is 0 Å². The van der Waals surface area contributed by atoms with Crippen LogP contribution >= 0.6 is 0 Å². The van der Waals surface area contributed by atoms with Gasteiger partial charge in [0.1, 0.15) is 0 Å². The van der Waals surface area contributed by atoms with E-state index in [4.69, 9.17) is 0 Å². The van der Waals surface area contributed by atoms with Crippen LogP contribution in [-0.2, 0) is 12.0 Å². The maximum atomic E-state index is 9.46. The van der Waals surface area contributed by atoms with E-state index in [9.17, 15) is 5.26 Å². The van der Waals surface area contributed by atoms with Crippen molar-refractivity contribution in [3.63, 3.8) is 0 Å². The van der Waals surface area contributed by atoms with Crippen molar-refractivity contribution in [2.24, 2.45) is 11.3 Å². The molecule has 2 nitrogen and oxygen atoms in total. The average molecular weight is 543 g/mol. The summed E-state index contributed by atoms with van der Waals surface area (Å²) in [4.78, 5) is 2.79. The highest BCUT2D eigenvalue weighted by atomic mass is 15.2. The first-order valence-corrected chi connectivity index (χ1v) is 15.2. The summed E-state index contributed by atoms with van der Waals surface area (Å²) in [5.74, 6) is 1.03. The lowest BCUT2D eigenvalue weighted by molar-refractivity contribution is 0.0297. The first kappa shape index (κ1) is 25.3. The zero-order valence-electron chi connectivity index (χ0n) is 23.7. The van der Waals surface area contributed by atoms with Gasteiger partial charge in [-0.2, -0.15) is 5.26 Å². The van der Waals surface area contributed by atoms with Crippen LogP contribution in [-0.4, -0.2) is 11.4 Å². The Balaban J connectivity index is 1.18. The topological polar surface area (TPSA) is 27.0 Å². The lowest BCUT2D eigenvalue weighted by atomic mass is 9.52. The summed E-state index contributed by atoms with van der Waals surface area (Å²) in [5, 5.41) is 9.46. The van der Waals surface area contributed by atoms with Gasteiger partial charge in [0.2, 0.25) is 0 Å². The van der Waals surface area contributed by atoms with Crippen LogP contribution in [0.1, 0.15) is 52.6 Å². The molecule has 3 aliphatic carbocycles. The Labute approximate surface area is 248 Å². The molecule has 0 N–H and O–H groups in total. The van der Waals surface area contributed by atoms with E-state index < -0.39 is 0 Å². The van der Waals surface area contributed by atoms with Crippen LogP contribution in [0, 0.1) is 22.7 Å². The normalized spacial score (nSPS) is 27.6. The van der Waals surface area contributed by atoms with Gasteiger partial charge in [-0.05, 0) is 75.6 Å². The minimum absolute atomic E-state index is 0.121. The van der Waals surface area contributed by atoms with Crippen LogP contribution in [0.25, 0.3) is 11.1 Å². The van der Waals surface area contributed by atoms with E-state index in [0.29, 0.717) is 17.9 Å². The summed E-state index contributed by atoms with van der Waals surface area (Å²) < 4.78 is 0. The monoisotopic (exact) mass is 542 g/mol. The van der Waals surface area contributed by atoms with Gasteiger partial charge < -0.3 is 0 Å². The number of nitrogens with zero attached hydrogens (tertiary/aromatic N) is 2. The van der Waals surface area contributed by atoms with E-state index in [2.05, 4.69) is 138 Å². The first-order chi connectivity index (χ1) is 20.7. The zero-order valence-corrected chi connectivity index (χ0v) is 23.7. The smallest absolute Gasteiger partial charge is 0.0991 e. The highest BCUT2D eigenvalue weighted by Crippen LogP contribution is 2.82. The van der Waals surface area contributed by atoms with E-state index in [-0.39, 0.29) is 10.8 Å². The third kappa shape index (κ3) is 3.81. The standard InChI is InChI=1S/C40H34N2/c41-24-29-18-22-35(23-19-29)39-27-40(28-39)36(37(39)33-12-6-2-7-13-33)26-42(38(40)34-14-8-3-9-15-34)25-30-16-20-32(21-17-30)31-10-4-1-5-11-31/h1-23,36-38H,25-28H2/t36-,37?,38-,39?,40?/m1/s1. The van der Waals surface area contributed by atoms with Crippen molar-refractivity contribution in [2.45, 2.75) is 36.8 Å². The minimum Gasteiger partial charge on any atom is -0.291 e. The van der Waals surface area contributed by atoms with Gasteiger partial charge in [0, 0.05) is 24.5 Å². The molecule has 2 heteroatoms. The molecule has 5 aromatic carbocycles. The van der Waals surface area contributed by atoms with Crippen LogP contribution < -0.4 is 0 Å². The van der Waals surface area contributed by atoms with E-state index in [1.807, 2.05) is 12.1 Å². The molecule has 42 heavy (non-hydrogen) atoms. The maximum Gasteiger partial charge on any atom is 0.0991 e. The molecule has 4 fully saturated rings. The molecule has 3 atom stereocenters. The SMILES string of the molecule is N#Cc1ccc(C23CC4(C2)[C@H](CN(Cc2ccc(-c5ccccc5)cc2)[C@@H]4c2ccccc2)C3c2ccccc2)cc1. The number of rotatable bonds is 6. The molecule has 5 aromatic rings. The van der Waals surface area contributed by atoms with Gasteiger partial charge >= 0.3 is 0 Å². The largest absolute Gasteiger partial charge is 0.291 e. The highest BCUT2D eigenvalue weighted by Gasteiger charge is 2.77. The summed E-state index contributed by atoms with van der Waals surface area (Å²) in [5.41, 5.74) is 9.33. The van der Waals surface area contributed by atoms with Gasteiger partial charge in [-0.1, -0.05) is 127 Å². The summed E-state index contributed by atoms with van der Waals surface area (Å²) >= 11 is 0. The Morgan fingerprint density at radius 1 is 0.643 bits per heavy atom. The molecule has 0 aromatic heterocycles. The first-order valence-electron chi connectivity index (χ1n) is 15.2. The fourth-order valence-electron chi connectivity index (χ4n) is 9.20. The summed E-state index contributed by atoms with van der Waals surface area (Å²) in [7, 11) is 0. The van der Waals surface area contributed by atoms with Crippen LogP contribution in [0.5, 0.6) is 0 Å². The molecular formula is C40H34N2. The second kappa shape index (κ2) is 9.83. The summed E-state index contributed by atoms with van der Waals surface area (Å²) in [6, 6.07) is 53.6. The Bertz CT molecular complexity index is 1730. The lowest BCUT2D eigenvalue weighted by Gasteiger charge is -2.53. The van der Waals surface area contributed by atoms with Crippen molar-refractivity contribution in [2.75, 3.05) is 6.54 Å². The van der Waals surface area contributed by atoms with Crippen molar-refractivity contribution in [1.29, 1.82) is 5.26 Å². The molecule has 9 rings (SSSR count). The van der Waals surface area contributed by atoms with Gasteiger partial charge in [0.25, 0.3) is 0 Å². The van der Waals surface area contributed by atoms with Crippen LogP contribution in [0.2, 0.25) is 0 Å². The third-order valence-corrected chi connectivity index (χ3v) is 10.7. The molecule has 1 unspecified atom stereocenters. The van der Waals surface area contributed by atoms with Gasteiger partial charge in [-0.15, -0.1) is 0 Å². The molecular weight excluding hydrogens is 508 g/mol. The predicted octanol–water partition coefficient (Wildman–Crippen LogP) is 8.91. The van der Waals surface area contributed by atoms with E-state index in [0.717, 1.165) is 18.7 Å². The number of nitriles is 1. The fraction of sp³-hybridized carbons (Fsp3) is 0.225. The molecule has 3 saturated carbocycles. The summed E-state index contributed by atoms with van der Waals surface area (Å²) in [6.07, 6.45) is 2.39. The molecule has 4 aliphatic rings. The van der Waals surface area contributed by atoms with Crippen molar-refractivity contribution < 1.29 is 0 Å². The quantitative estimate of drug-likeness (QED) is 0.214. The molecule has 1 aliphatic heterocycles. The van der Waals surface area contributed by atoms with Crippen molar-refractivity contribution in [3.05, 3.63) is 167 Å². The molecule has 0 radical (unpaired) electrons. The van der Waals surface area contributed by atoms with E-state index in [1.165, 1.54) is 46.2 Å². The second-order valence-electron chi connectivity index (χ2n) is 12.7. The van der Waals surface area contributed by atoms with Crippen LogP contribution in [0.3, 0.4) is 0 Å². The molecule has 2 bridgehead atoms. The minimum atomic E-state index is 0.121. The molecule has 204 valence electrons. The predicted molar refractivity (Wildman–Crippen MR) is 169 cm³/mol. The summed E-state index contributed by atoms with van der Waals surface area (Å²) in [6.45, 7) is 2.05. The Morgan fingerprint density at radius 3 is 1.83 bits per heavy atom. The van der Waals surface area contributed by atoms with Gasteiger partial charge in [-0.3, -0.25) is 4.90 Å². The van der Waals surface area contributed by atoms with Crippen molar-refractivity contribution in [3.8, 4) is 17.2 Å². The van der Waals surface area contributed by atoms with E-state index in [1.54, 1.807) is 0 Å². The van der Waals surface area contributed by atoms with Crippen molar-refractivity contribution >= 4 is 0 Å². The number of hydrogen-bond donors (Lipinski definition) is 0. The average Bonchev–Trinajstić information content (AvgIpc) is 3.61. The van der Waals surface area contributed by atoms with E-state index >= 15 is 0 Å². The number of likely N-dealkylation sites (tertiary alicyclic amines) is 1. The number of benzene rings is 5. The molecule has 1 heterocycles. The van der Waals surface area contributed by atoms with Crippen LogP contribution in [0.4, 0.5) is 0 Å². The third-order valence-electron chi connectivity index (χ3n) is 10.7. The molecule has 0 amide bonds. The highest BCUT2D eigenvalue weighted by molar-refractivity contribution is 5.63. The Kier molecular flexibility index (Phi) is 5.92. The lowest BCUT2D eigenvalue weighted by Crippen LogP contribution is -2.47.